The molecule has 0 aromatic heterocycles. The number of likely N-dealkylation sites (N-methyl/N-ethyl adjacent to an activating group) is 1. The number of halogens is 4. The van der Waals surface area contributed by atoms with Gasteiger partial charge in [0.15, 0.2) is 6.29 Å². The summed E-state index contributed by atoms with van der Waals surface area (Å²) in [5.41, 5.74) is 9.88. The normalized spacial score (nSPS) is 19.1. The molecule has 2 amide bonds. The van der Waals surface area contributed by atoms with Crippen LogP contribution >= 0.6 is 0 Å². The van der Waals surface area contributed by atoms with Gasteiger partial charge in [0.05, 0.1) is 16.9 Å². The van der Waals surface area contributed by atoms with Crippen LogP contribution in [0, 0.1) is 5.82 Å². The van der Waals surface area contributed by atoms with E-state index in [1.165, 1.54) is 30.1 Å². The molecule has 12 heteroatoms. The van der Waals surface area contributed by atoms with E-state index in [-0.39, 0.29) is 29.2 Å². The summed E-state index contributed by atoms with van der Waals surface area (Å²) in [6.07, 6.45) is -4.31. The second-order valence-corrected chi connectivity index (χ2v) is 8.90. The van der Waals surface area contributed by atoms with Crippen LogP contribution in [-0.2, 0) is 15.8 Å². The van der Waals surface area contributed by atoms with Crippen LogP contribution in [0.3, 0.4) is 0 Å². The van der Waals surface area contributed by atoms with Gasteiger partial charge in [-0.25, -0.2) is 9.38 Å². The van der Waals surface area contributed by atoms with E-state index in [0.29, 0.717) is 23.6 Å². The topological polar surface area (TPSA) is 131 Å². The number of carbonyl (C=O) groups is 3. The molecule has 3 aromatic rings. The van der Waals surface area contributed by atoms with Gasteiger partial charge >= 0.3 is 6.18 Å². The molecule has 0 aliphatic carbocycles. The van der Waals surface area contributed by atoms with Crippen LogP contribution in [0.2, 0.25) is 0 Å². The maximum atomic E-state index is 13.9. The molecule has 0 bridgehead atoms. The molecule has 1 aliphatic rings. The highest BCUT2D eigenvalue weighted by atomic mass is 19.4. The van der Waals surface area contributed by atoms with Crippen molar-refractivity contribution in [1.82, 2.24) is 10.2 Å². The Balaban J connectivity index is 0.00000237. The second-order valence-electron chi connectivity index (χ2n) is 8.90. The van der Waals surface area contributed by atoms with Crippen molar-refractivity contribution in [2.75, 3.05) is 13.6 Å². The maximum Gasteiger partial charge on any atom is 0.416 e. The minimum absolute atomic E-state index is 0.0576. The van der Waals surface area contributed by atoms with Crippen molar-refractivity contribution in [3.63, 3.8) is 0 Å². The van der Waals surface area contributed by atoms with Gasteiger partial charge in [0.25, 0.3) is 11.8 Å². The Bertz CT molecular complexity index is 1490. The van der Waals surface area contributed by atoms with Crippen LogP contribution < -0.4 is 16.8 Å². The fraction of sp³-hybridized carbons (Fsp3) is 0.200. The van der Waals surface area contributed by atoms with Gasteiger partial charge < -0.3 is 16.8 Å². The number of carbonyl (C=O) groups excluding carboxylic acids is 3. The number of amides is 2. The Kier molecular flexibility index (Phi) is 10.3. The van der Waals surface area contributed by atoms with Crippen molar-refractivity contribution in [3.8, 4) is 0 Å². The largest absolute Gasteiger partial charge is 0.416 e. The fourth-order valence-electron chi connectivity index (χ4n) is 4.52. The number of aliphatic imine (C=N–C) groups is 1. The van der Waals surface area contributed by atoms with Crippen molar-refractivity contribution in [2.24, 2.45) is 16.5 Å². The number of para-hydroxylation sites is 1. The van der Waals surface area contributed by atoms with Gasteiger partial charge in [-0.3, -0.25) is 19.3 Å². The summed E-state index contributed by atoms with van der Waals surface area (Å²) in [4.78, 5) is 44.9. The summed E-state index contributed by atoms with van der Waals surface area (Å²) < 4.78 is 53.7. The number of hydrogen-bond acceptors (Lipinski definition) is 6. The number of amidine groups is 1. The van der Waals surface area contributed by atoms with Crippen molar-refractivity contribution < 1.29 is 31.9 Å². The van der Waals surface area contributed by atoms with Gasteiger partial charge in [-0.2, -0.15) is 13.2 Å². The molecule has 0 spiro atoms. The van der Waals surface area contributed by atoms with Crippen LogP contribution in [0.5, 0.6) is 0 Å². The summed E-state index contributed by atoms with van der Waals surface area (Å²) in [6, 6.07) is 15.9. The Morgan fingerprint density at radius 2 is 1.67 bits per heavy atom. The highest BCUT2D eigenvalue weighted by Crippen LogP contribution is 2.37. The van der Waals surface area contributed by atoms with Gasteiger partial charge in [0.2, 0.25) is 0 Å². The molecule has 3 aromatic carbocycles. The second kappa shape index (κ2) is 13.7. The van der Waals surface area contributed by atoms with Gasteiger partial charge in [-0.1, -0.05) is 36.4 Å². The number of nitrogens with one attached hydrogen (secondary N) is 1. The summed E-state index contributed by atoms with van der Waals surface area (Å²) >= 11 is 0. The molecule has 2 atom stereocenters. The third-order valence-corrected chi connectivity index (χ3v) is 6.39. The molecule has 1 heterocycles. The van der Waals surface area contributed by atoms with Crippen LogP contribution in [0.4, 0.5) is 23.2 Å². The number of nitrogens with two attached hydrogens (primary N) is 2. The SMILES string of the molecule is CCN1C(=O)C(NC(=O)c2cccc(C(F)(F)F)c2)C(c2ccc(F)cc2)/C(=C(/N)C=O)C1=Nc1ccccc1.CN. The number of likely N-dealkylation sites (tertiary alicyclic amines) is 1. The number of aldehydes is 1. The number of hydrogen-bond donors (Lipinski definition) is 3. The van der Waals surface area contributed by atoms with Crippen LogP contribution in [0.1, 0.15) is 34.3 Å². The molecule has 42 heavy (non-hydrogen) atoms. The average Bonchev–Trinajstić information content (AvgIpc) is 2.99. The van der Waals surface area contributed by atoms with E-state index < -0.39 is 41.3 Å². The number of alkyl halides is 3. The highest BCUT2D eigenvalue weighted by Gasteiger charge is 2.46. The smallest absolute Gasteiger partial charge is 0.396 e. The van der Waals surface area contributed by atoms with E-state index >= 15 is 0 Å². The van der Waals surface area contributed by atoms with Gasteiger partial charge in [-0.05, 0) is 62.0 Å². The number of rotatable bonds is 6. The average molecular weight is 584 g/mol. The number of nitrogens with zero attached hydrogens (tertiary/aromatic N) is 2. The zero-order valence-electron chi connectivity index (χ0n) is 22.7. The summed E-state index contributed by atoms with van der Waals surface area (Å²) in [5, 5.41) is 2.53. The lowest BCUT2D eigenvalue weighted by Gasteiger charge is -2.41. The van der Waals surface area contributed by atoms with E-state index in [2.05, 4.69) is 16.0 Å². The van der Waals surface area contributed by atoms with Crippen LogP contribution in [0.15, 0.2) is 95.1 Å². The van der Waals surface area contributed by atoms with E-state index in [1.807, 2.05) is 0 Å². The molecule has 220 valence electrons. The minimum Gasteiger partial charge on any atom is -0.396 e. The van der Waals surface area contributed by atoms with Crippen LogP contribution in [0.25, 0.3) is 0 Å². The Hall–Kier alpha value is -4.84. The van der Waals surface area contributed by atoms with E-state index in [0.717, 1.165) is 24.3 Å². The monoisotopic (exact) mass is 583 g/mol. The van der Waals surface area contributed by atoms with Crippen molar-refractivity contribution in [1.29, 1.82) is 0 Å². The molecule has 8 nitrogen and oxygen atoms in total. The maximum absolute atomic E-state index is 13.9. The zero-order valence-corrected chi connectivity index (χ0v) is 22.7. The first kappa shape index (κ1) is 31.7. The molecule has 0 radical (unpaired) electrons. The quantitative estimate of drug-likeness (QED) is 0.226. The lowest BCUT2D eigenvalue weighted by Crippen LogP contribution is -2.59. The predicted octanol–water partition coefficient (Wildman–Crippen LogP) is 4.31. The number of piperidine rings is 1. The first-order valence-corrected chi connectivity index (χ1v) is 12.8. The molecular weight excluding hydrogens is 554 g/mol. The third kappa shape index (κ3) is 6.89. The van der Waals surface area contributed by atoms with Gasteiger partial charge in [-0.15, -0.1) is 0 Å². The molecule has 1 aliphatic heterocycles. The zero-order chi connectivity index (χ0) is 31.0. The summed E-state index contributed by atoms with van der Waals surface area (Å²) in [7, 11) is 1.50. The molecule has 5 N–H and O–H groups in total. The van der Waals surface area contributed by atoms with Gasteiger partial charge in [0.1, 0.15) is 17.7 Å². The molecule has 2 unspecified atom stereocenters. The van der Waals surface area contributed by atoms with Crippen molar-refractivity contribution in [3.05, 3.63) is 113 Å². The minimum atomic E-state index is -4.69. The fourth-order valence-corrected chi connectivity index (χ4v) is 4.52. The lowest BCUT2D eigenvalue weighted by atomic mass is 9.78. The van der Waals surface area contributed by atoms with Crippen molar-refractivity contribution >= 4 is 29.6 Å². The molecule has 4 rings (SSSR count). The number of allylic oxidation sites excluding steroid dienone is 1. The molecule has 1 saturated heterocycles. The van der Waals surface area contributed by atoms with E-state index in [4.69, 9.17) is 5.73 Å². The predicted molar refractivity (Wildman–Crippen MR) is 150 cm³/mol. The summed E-state index contributed by atoms with van der Waals surface area (Å²) in [6.45, 7) is 1.71. The Labute approximate surface area is 239 Å². The first-order chi connectivity index (χ1) is 20.0. The molecular formula is C30H29F4N5O3. The van der Waals surface area contributed by atoms with Crippen molar-refractivity contribution in [2.45, 2.75) is 25.1 Å². The highest BCUT2D eigenvalue weighted by molar-refractivity contribution is 6.17. The third-order valence-electron chi connectivity index (χ3n) is 6.39. The Morgan fingerprint density at radius 3 is 2.24 bits per heavy atom. The Morgan fingerprint density at radius 1 is 1.02 bits per heavy atom. The lowest BCUT2D eigenvalue weighted by molar-refractivity contribution is -0.137. The molecule has 0 saturated carbocycles. The number of benzene rings is 3. The van der Waals surface area contributed by atoms with Gasteiger partial charge in [0, 0.05) is 23.6 Å². The van der Waals surface area contributed by atoms with E-state index in [9.17, 15) is 31.9 Å². The standard InChI is InChI=1S/C29H24F4N4O3.CH5N/c1-2-37-26(35-21-9-4-3-5-10-21)24(22(34)16-38)23(17-11-13-20(30)14-12-17)25(28(37)40)36-27(39)18-7-6-8-19(15-18)29(31,32)33;1-2/h3-16,23,25H,2,34H2,1H3,(H,36,39);2H2,1H3/b24-22-,35-26?;. The van der Waals surface area contributed by atoms with Crippen LogP contribution in [-0.4, -0.2) is 48.5 Å². The summed E-state index contributed by atoms with van der Waals surface area (Å²) in [5.74, 6) is -3.24. The molecule has 1 fully saturated rings. The first-order valence-electron chi connectivity index (χ1n) is 12.8. The van der Waals surface area contributed by atoms with E-state index in [1.54, 1.807) is 37.3 Å².